The van der Waals surface area contributed by atoms with E-state index in [-0.39, 0.29) is 12.1 Å². The first-order valence-electron chi connectivity index (χ1n) is 6.52. The highest BCUT2D eigenvalue weighted by Crippen LogP contribution is 2.43. The molecule has 18 heavy (non-hydrogen) atoms. The average Bonchev–Trinajstić information content (AvgIpc) is 2.62. The van der Waals surface area contributed by atoms with Crippen molar-refractivity contribution in [3.05, 3.63) is 29.8 Å². The molecule has 3 rings (SSSR count). The van der Waals surface area contributed by atoms with Gasteiger partial charge in [0.2, 0.25) is 0 Å². The molecule has 3 N–H and O–H groups in total. The Morgan fingerprint density at radius 1 is 1.17 bits per heavy atom. The number of nitrogens with two attached hydrogens (primary N) is 1. The fourth-order valence-electron chi connectivity index (χ4n) is 3.53. The third-order valence-electron chi connectivity index (χ3n) is 4.36. The van der Waals surface area contributed by atoms with Crippen molar-refractivity contribution in [1.82, 2.24) is 4.90 Å². The van der Waals surface area contributed by atoms with Crippen LogP contribution in [0.3, 0.4) is 0 Å². The second-order valence-electron chi connectivity index (χ2n) is 5.41. The Kier molecular flexibility index (Phi) is 2.65. The molecular formula is C14H18N2O2. The van der Waals surface area contributed by atoms with Gasteiger partial charge in [-0.25, -0.2) is 4.79 Å². The maximum atomic E-state index is 11.2. The van der Waals surface area contributed by atoms with E-state index in [2.05, 4.69) is 12.1 Å². The van der Waals surface area contributed by atoms with Crippen LogP contribution in [0.4, 0.5) is 10.5 Å². The molecule has 2 bridgehead atoms. The fourth-order valence-corrected chi connectivity index (χ4v) is 3.53. The summed E-state index contributed by atoms with van der Waals surface area (Å²) in [6.45, 7) is 0. The molecule has 2 heterocycles. The third-order valence-corrected chi connectivity index (χ3v) is 4.36. The summed E-state index contributed by atoms with van der Waals surface area (Å²) < 4.78 is 0. The molecule has 2 atom stereocenters. The van der Waals surface area contributed by atoms with E-state index in [0.717, 1.165) is 31.4 Å². The Labute approximate surface area is 106 Å². The van der Waals surface area contributed by atoms with Gasteiger partial charge in [0, 0.05) is 17.8 Å². The molecule has 96 valence electrons. The lowest BCUT2D eigenvalue weighted by atomic mass is 9.85. The number of benzene rings is 1. The van der Waals surface area contributed by atoms with Crippen LogP contribution in [0.25, 0.3) is 0 Å². The number of anilines is 1. The highest BCUT2D eigenvalue weighted by atomic mass is 16.4. The van der Waals surface area contributed by atoms with E-state index in [9.17, 15) is 9.90 Å². The second kappa shape index (κ2) is 4.19. The molecule has 2 fully saturated rings. The Hall–Kier alpha value is -1.71. The van der Waals surface area contributed by atoms with Crippen molar-refractivity contribution in [2.24, 2.45) is 0 Å². The largest absolute Gasteiger partial charge is 0.465 e. The zero-order chi connectivity index (χ0) is 12.7. The lowest BCUT2D eigenvalue weighted by Gasteiger charge is -2.37. The molecule has 0 saturated carbocycles. The number of amides is 1. The normalized spacial score (nSPS) is 30.4. The predicted octanol–water partition coefficient (Wildman–Crippen LogP) is 2.66. The molecule has 2 aliphatic rings. The van der Waals surface area contributed by atoms with E-state index >= 15 is 0 Å². The Morgan fingerprint density at radius 2 is 1.72 bits per heavy atom. The van der Waals surface area contributed by atoms with E-state index in [4.69, 9.17) is 5.73 Å². The minimum absolute atomic E-state index is 0.212. The number of hydrogen-bond donors (Lipinski definition) is 2. The maximum Gasteiger partial charge on any atom is 0.407 e. The van der Waals surface area contributed by atoms with Crippen LogP contribution < -0.4 is 5.73 Å². The van der Waals surface area contributed by atoms with Gasteiger partial charge >= 0.3 is 6.09 Å². The van der Waals surface area contributed by atoms with E-state index in [1.165, 1.54) is 5.56 Å². The molecule has 1 amide bonds. The number of fused-ring (bicyclic) bond motifs is 2. The summed E-state index contributed by atoms with van der Waals surface area (Å²) in [4.78, 5) is 12.9. The van der Waals surface area contributed by atoms with Gasteiger partial charge in [-0.05, 0) is 49.3 Å². The molecule has 0 aromatic heterocycles. The fraction of sp³-hybridized carbons (Fsp3) is 0.500. The molecule has 0 radical (unpaired) electrons. The second-order valence-corrected chi connectivity index (χ2v) is 5.41. The Balaban J connectivity index is 1.79. The van der Waals surface area contributed by atoms with E-state index < -0.39 is 6.09 Å². The number of carboxylic acid groups (broad SMARTS) is 1. The van der Waals surface area contributed by atoms with Gasteiger partial charge in [0.1, 0.15) is 0 Å². The van der Waals surface area contributed by atoms with Gasteiger partial charge in [0.25, 0.3) is 0 Å². The summed E-state index contributed by atoms with van der Waals surface area (Å²) >= 11 is 0. The van der Waals surface area contributed by atoms with Crippen molar-refractivity contribution in [2.75, 3.05) is 5.73 Å². The van der Waals surface area contributed by atoms with Gasteiger partial charge in [-0.3, -0.25) is 0 Å². The summed E-state index contributed by atoms with van der Waals surface area (Å²) in [5, 5.41) is 9.22. The molecule has 4 heteroatoms. The standard InChI is InChI=1S/C14H18N2O2/c15-11-3-1-9(2-4-11)10-7-12-5-6-13(8-10)16(12)14(17)18/h1-4,10,12-13H,5-8,15H2,(H,17,18). The molecule has 0 aliphatic carbocycles. The molecule has 2 saturated heterocycles. The number of nitrogens with zero attached hydrogens (tertiary/aromatic N) is 1. The van der Waals surface area contributed by atoms with E-state index in [1.54, 1.807) is 4.90 Å². The maximum absolute atomic E-state index is 11.2. The summed E-state index contributed by atoms with van der Waals surface area (Å²) in [5.74, 6) is 0.485. The molecule has 1 aromatic rings. The molecular weight excluding hydrogens is 228 g/mol. The summed E-state index contributed by atoms with van der Waals surface area (Å²) in [5.41, 5.74) is 7.78. The van der Waals surface area contributed by atoms with Gasteiger partial charge in [0.15, 0.2) is 0 Å². The van der Waals surface area contributed by atoms with Crippen molar-refractivity contribution in [1.29, 1.82) is 0 Å². The van der Waals surface area contributed by atoms with Crippen LogP contribution in [-0.4, -0.2) is 28.2 Å². The monoisotopic (exact) mass is 246 g/mol. The average molecular weight is 246 g/mol. The lowest BCUT2D eigenvalue weighted by molar-refractivity contribution is 0.0965. The van der Waals surface area contributed by atoms with Crippen LogP contribution in [0.15, 0.2) is 24.3 Å². The molecule has 2 aliphatic heterocycles. The highest BCUT2D eigenvalue weighted by Gasteiger charge is 2.43. The third kappa shape index (κ3) is 1.82. The van der Waals surface area contributed by atoms with Crippen molar-refractivity contribution >= 4 is 11.8 Å². The number of carbonyl (C=O) groups is 1. The van der Waals surface area contributed by atoms with Gasteiger partial charge in [-0.15, -0.1) is 0 Å². The van der Waals surface area contributed by atoms with Crippen molar-refractivity contribution < 1.29 is 9.90 Å². The minimum Gasteiger partial charge on any atom is -0.465 e. The summed E-state index contributed by atoms with van der Waals surface area (Å²) in [6.07, 6.45) is 3.18. The summed E-state index contributed by atoms with van der Waals surface area (Å²) in [7, 11) is 0. The van der Waals surface area contributed by atoms with Crippen molar-refractivity contribution in [2.45, 2.75) is 43.7 Å². The van der Waals surface area contributed by atoms with Gasteiger partial charge < -0.3 is 15.7 Å². The predicted molar refractivity (Wildman–Crippen MR) is 69.5 cm³/mol. The zero-order valence-electron chi connectivity index (χ0n) is 10.2. The SMILES string of the molecule is Nc1ccc(C2CC3CCC(C2)N3C(=O)O)cc1. The first-order chi connectivity index (χ1) is 8.65. The summed E-state index contributed by atoms with van der Waals surface area (Å²) in [6, 6.07) is 8.44. The van der Waals surface area contributed by atoms with Crippen molar-refractivity contribution in [3.8, 4) is 0 Å². The molecule has 4 nitrogen and oxygen atoms in total. The smallest absolute Gasteiger partial charge is 0.407 e. The first-order valence-corrected chi connectivity index (χ1v) is 6.52. The van der Waals surface area contributed by atoms with Crippen LogP contribution in [-0.2, 0) is 0 Å². The molecule has 0 spiro atoms. The Bertz CT molecular complexity index is 443. The van der Waals surface area contributed by atoms with Crippen LogP contribution in [0.2, 0.25) is 0 Å². The van der Waals surface area contributed by atoms with Gasteiger partial charge in [0.05, 0.1) is 0 Å². The molecule has 1 aromatic carbocycles. The number of hydrogen-bond acceptors (Lipinski definition) is 2. The van der Waals surface area contributed by atoms with E-state index in [1.807, 2.05) is 12.1 Å². The van der Waals surface area contributed by atoms with Crippen molar-refractivity contribution in [3.63, 3.8) is 0 Å². The van der Waals surface area contributed by atoms with Crippen LogP contribution in [0.5, 0.6) is 0 Å². The van der Waals surface area contributed by atoms with E-state index in [0.29, 0.717) is 5.92 Å². The Morgan fingerprint density at radius 3 is 2.22 bits per heavy atom. The highest BCUT2D eigenvalue weighted by molar-refractivity contribution is 5.66. The minimum atomic E-state index is -0.752. The topological polar surface area (TPSA) is 66.6 Å². The number of nitrogen functional groups attached to an aromatic ring is 1. The number of rotatable bonds is 1. The quantitative estimate of drug-likeness (QED) is 0.749. The zero-order valence-corrected chi connectivity index (χ0v) is 10.2. The van der Waals surface area contributed by atoms with Crippen LogP contribution in [0, 0.1) is 0 Å². The van der Waals surface area contributed by atoms with Crippen LogP contribution >= 0.6 is 0 Å². The van der Waals surface area contributed by atoms with Gasteiger partial charge in [-0.2, -0.15) is 0 Å². The van der Waals surface area contributed by atoms with Gasteiger partial charge in [-0.1, -0.05) is 12.1 Å². The lowest BCUT2D eigenvalue weighted by Crippen LogP contribution is -2.45. The molecule has 2 unspecified atom stereocenters. The van der Waals surface area contributed by atoms with Crippen LogP contribution in [0.1, 0.15) is 37.2 Å². The number of piperidine rings is 1. The first kappa shape index (κ1) is 11.4.